The van der Waals surface area contributed by atoms with E-state index in [4.69, 9.17) is 16.2 Å². The van der Waals surface area contributed by atoms with E-state index in [1.54, 1.807) is 38.1 Å². The molecule has 0 fully saturated rings. The maximum Gasteiger partial charge on any atom is 0.338 e. The van der Waals surface area contributed by atoms with Gasteiger partial charge < -0.3 is 21.5 Å². The number of carbonyl (C=O) groups excluding carboxylic acids is 2. The molecular weight excluding hydrogens is 330 g/mol. The fourth-order valence-corrected chi connectivity index (χ4v) is 2.73. The van der Waals surface area contributed by atoms with Gasteiger partial charge in [0.15, 0.2) is 5.96 Å². The summed E-state index contributed by atoms with van der Waals surface area (Å²) in [5.41, 5.74) is 12.0. The number of carbonyl (C=O) groups is 2. The highest BCUT2D eigenvalue weighted by molar-refractivity contribution is 7.17. The largest absolute Gasteiger partial charge is 0.462 e. The van der Waals surface area contributed by atoms with Gasteiger partial charge >= 0.3 is 5.97 Å². The van der Waals surface area contributed by atoms with Crippen LogP contribution in [0.5, 0.6) is 0 Å². The molecule has 8 nitrogen and oxygen atoms in total. The molecule has 1 heterocycles. The van der Waals surface area contributed by atoms with Gasteiger partial charge in [-0.05, 0) is 32.0 Å². The Labute approximate surface area is 142 Å². The number of aryl methyl sites for hydroxylation is 1. The molecule has 0 atom stereocenters. The highest BCUT2D eigenvalue weighted by atomic mass is 32.1. The van der Waals surface area contributed by atoms with E-state index in [0.717, 1.165) is 11.3 Å². The van der Waals surface area contributed by atoms with Crippen LogP contribution in [0.1, 0.15) is 32.6 Å². The predicted octanol–water partition coefficient (Wildman–Crippen LogP) is 1.79. The van der Waals surface area contributed by atoms with E-state index in [2.05, 4.69) is 15.3 Å². The average Bonchev–Trinajstić information content (AvgIpc) is 2.87. The molecule has 9 heteroatoms. The number of rotatable bonds is 5. The molecule has 2 aromatic rings. The number of amides is 1. The number of nitrogens with one attached hydrogen (secondary N) is 1. The van der Waals surface area contributed by atoms with Crippen LogP contribution in [0.15, 0.2) is 29.3 Å². The van der Waals surface area contributed by atoms with Crippen molar-refractivity contribution in [3.63, 3.8) is 0 Å². The van der Waals surface area contributed by atoms with Gasteiger partial charge in [0.25, 0.3) is 5.91 Å². The summed E-state index contributed by atoms with van der Waals surface area (Å²) >= 11 is 1.07. The van der Waals surface area contributed by atoms with Gasteiger partial charge in [-0.1, -0.05) is 17.4 Å². The number of nitrogens with two attached hydrogens (primary N) is 2. The van der Waals surface area contributed by atoms with Crippen molar-refractivity contribution in [2.75, 3.05) is 11.9 Å². The summed E-state index contributed by atoms with van der Waals surface area (Å²) in [5.74, 6) is -0.932. The second kappa shape index (κ2) is 7.55. The van der Waals surface area contributed by atoms with Crippen LogP contribution in [0.2, 0.25) is 0 Å². The predicted molar refractivity (Wildman–Crippen MR) is 92.7 cm³/mol. The number of aliphatic imine (C=N–C) groups is 1. The number of guanidine groups is 1. The minimum absolute atomic E-state index is 0.127. The lowest BCUT2D eigenvalue weighted by atomic mass is 10.2. The van der Waals surface area contributed by atoms with Crippen molar-refractivity contribution >= 4 is 40.0 Å². The molecule has 126 valence electrons. The Balaban J connectivity index is 2.18. The molecule has 0 aliphatic carbocycles. The fourth-order valence-electron chi connectivity index (χ4n) is 1.88. The second-order valence-electron chi connectivity index (χ2n) is 4.70. The van der Waals surface area contributed by atoms with Crippen LogP contribution in [-0.2, 0) is 4.74 Å². The van der Waals surface area contributed by atoms with E-state index in [1.165, 1.54) is 0 Å². The molecule has 1 aromatic carbocycles. The van der Waals surface area contributed by atoms with Gasteiger partial charge in [0.05, 0.1) is 17.9 Å². The number of esters is 1. The fraction of sp³-hybridized carbons (Fsp3) is 0.200. The number of aromatic nitrogens is 1. The maximum absolute atomic E-state index is 12.4. The van der Waals surface area contributed by atoms with Gasteiger partial charge in [-0.15, -0.1) is 0 Å². The zero-order valence-corrected chi connectivity index (χ0v) is 14.0. The Morgan fingerprint density at radius 3 is 2.79 bits per heavy atom. The van der Waals surface area contributed by atoms with E-state index in [9.17, 15) is 9.59 Å². The van der Waals surface area contributed by atoms with Gasteiger partial charge in [0, 0.05) is 5.69 Å². The molecule has 1 aromatic heterocycles. The van der Waals surface area contributed by atoms with Crippen molar-refractivity contribution in [2.24, 2.45) is 16.5 Å². The molecule has 0 radical (unpaired) electrons. The molecule has 1 amide bonds. The maximum atomic E-state index is 12.4. The van der Waals surface area contributed by atoms with E-state index >= 15 is 0 Å². The van der Waals surface area contributed by atoms with E-state index in [0.29, 0.717) is 27.0 Å². The van der Waals surface area contributed by atoms with Crippen LogP contribution in [0.25, 0.3) is 0 Å². The molecular formula is C15H17N5O3S. The van der Waals surface area contributed by atoms with Crippen LogP contribution in [0.3, 0.4) is 0 Å². The number of thiazole rings is 1. The molecule has 0 spiro atoms. The first kappa shape index (κ1) is 17.4. The zero-order valence-electron chi connectivity index (χ0n) is 13.2. The monoisotopic (exact) mass is 347 g/mol. The van der Waals surface area contributed by atoms with Crippen LogP contribution < -0.4 is 16.8 Å². The summed E-state index contributed by atoms with van der Waals surface area (Å²) < 4.78 is 4.93. The molecule has 24 heavy (non-hydrogen) atoms. The molecule has 0 aliphatic heterocycles. The summed E-state index contributed by atoms with van der Waals surface area (Å²) in [4.78, 5) is 32.4. The van der Waals surface area contributed by atoms with E-state index < -0.39 is 5.97 Å². The lowest BCUT2D eigenvalue weighted by molar-refractivity contribution is 0.0526. The molecule has 0 aliphatic rings. The minimum atomic E-state index is -0.447. The topological polar surface area (TPSA) is 133 Å². The molecule has 0 saturated heterocycles. The smallest absolute Gasteiger partial charge is 0.338 e. The number of benzene rings is 1. The van der Waals surface area contributed by atoms with Crippen LogP contribution in [-0.4, -0.2) is 29.4 Å². The minimum Gasteiger partial charge on any atom is -0.462 e. The van der Waals surface area contributed by atoms with Gasteiger partial charge in [-0.25, -0.2) is 9.78 Å². The second-order valence-corrected chi connectivity index (χ2v) is 5.68. The molecule has 0 bridgehead atoms. The summed E-state index contributed by atoms with van der Waals surface area (Å²) in [7, 11) is 0. The van der Waals surface area contributed by atoms with Gasteiger partial charge in [-0.2, -0.15) is 4.99 Å². The van der Waals surface area contributed by atoms with Crippen LogP contribution in [0, 0.1) is 6.92 Å². The first-order valence-corrected chi connectivity index (χ1v) is 7.88. The van der Waals surface area contributed by atoms with Crippen molar-refractivity contribution < 1.29 is 14.3 Å². The van der Waals surface area contributed by atoms with E-state index in [1.807, 2.05) is 0 Å². The highest BCUT2D eigenvalue weighted by Crippen LogP contribution is 2.26. The van der Waals surface area contributed by atoms with Crippen molar-refractivity contribution in [1.82, 2.24) is 4.98 Å². The van der Waals surface area contributed by atoms with E-state index in [-0.39, 0.29) is 18.5 Å². The summed E-state index contributed by atoms with van der Waals surface area (Å²) in [6, 6.07) is 6.49. The standard InChI is InChI=1S/C15H17N5O3S/c1-3-23-13(22)9-5-4-6-10(7-9)19-12(21)11-8(2)18-15(24-11)20-14(16)17/h4-7H,3H2,1-2H3,(H,19,21)(H4,16,17,18,20). The third-order valence-electron chi connectivity index (χ3n) is 2.85. The van der Waals surface area contributed by atoms with Gasteiger partial charge in [-0.3, -0.25) is 4.79 Å². The van der Waals surface area contributed by atoms with Crippen molar-refractivity contribution in [3.05, 3.63) is 40.4 Å². The quantitative estimate of drug-likeness (QED) is 0.429. The zero-order chi connectivity index (χ0) is 17.7. The first-order valence-electron chi connectivity index (χ1n) is 7.06. The van der Waals surface area contributed by atoms with Crippen molar-refractivity contribution in [3.8, 4) is 0 Å². The molecule has 2 rings (SSSR count). The normalized spacial score (nSPS) is 10.1. The Bertz CT molecular complexity index is 796. The Hall–Kier alpha value is -2.94. The number of nitrogens with zero attached hydrogens (tertiary/aromatic N) is 2. The Kier molecular flexibility index (Phi) is 5.48. The Morgan fingerprint density at radius 2 is 2.12 bits per heavy atom. The highest BCUT2D eigenvalue weighted by Gasteiger charge is 2.16. The van der Waals surface area contributed by atoms with Crippen molar-refractivity contribution in [2.45, 2.75) is 13.8 Å². The SMILES string of the molecule is CCOC(=O)c1cccc(NC(=O)c2sc(N=C(N)N)nc2C)c1. The Morgan fingerprint density at radius 1 is 1.38 bits per heavy atom. The number of hydrogen-bond acceptors (Lipinski definition) is 6. The van der Waals surface area contributed by atoms with Gasteiger partial charge in [0.1, 0.15) is 4.88 Å². The number of ether oxygens (including phenoxy) is 1. The summed E-state index contributed by atoms with van der Waals surface area (Å²) in [6.07, 6.45) is 0. The lowest BCUT2D eigenvalue weighted by Crippen LogP contribution is -2.21. The molecule has 5 N–H and O–H groups in total. The average molecular weight is 347 g/mol. The lowest BCUT2D eigenvalue weighted by Gasteiger charge is -2.06. The van der Waals surface area contributed by atoms with Crippen LogP contribution >= 0.6 is 11.3 Å². The van der Waals surface area contributed by atoms with Gasteiger partial charge in [0.2, 0.25) is 5.13 Å². The number of anilines is 1. The molecule has 0 unspecified atom stereocenters. The third kappa shape index (κ3) is 4.29. The van der Waals surface area contributed by atoms with Crippen LogP contribution in [0.4, 0.5) is 10.8 Å². The molecule has 0 saturated carbocycles. The first-order chi connectivity index (χ1) is 11.4. The summed E-state index contributed by atoms with van der Waals surface area (Å²) in [5, 5.41) is 3.02. The third-order valence-corrected chi connectivity index (χ3v) is 3.90. The summed E-state index contributed by atoms with van der Waals surface area (Å²) in [6.45, 7) is 3.69. The van der Waals surface area contributed by atoms with Crippen molar-refractivity contribution in [1.29, 1.82) is 0 Å². The number of hydrogen-bond donors (Lipinski definition) is 3.